The van der Waals surface area contributed by atoms with Crippen molar-refractivity contribution in [2.45, 2.75) is 25.8 Å². The average molecular weight is 170 g/mol. The smallest absolute Gasteiger partial charge is 0.237 e. The minimum absolute atomic E-state index is 0.0531. The van der Waals surface area contributed by atoms with E-state index in [0.29, 0.717) is 19.5 Å². The first kappa shape index (κ1) is 9.19. The predicted octanol–water partition coefficient (Wildman–Crippen LogP) is -0.556. The highest BCUT2D eigenvalue weighted by Crippen LogP contribution is 2.00. The van der Waals surface area contributed by atoms with Gasteiger partial charge < -0.3 is 5.32 Å². The van der Waals surface area contributed by atoms with Gasteiger partial charge in [-0.25, -0.2) is 0 Å². The summed E-state index contributed by atoms with van der Waals surface area (Å²) in [5.41, 5.74) is 0. The van der Waals surface area contributed by atoms with Crippen molar-refractivity contribution < 1.29 is 9.59 Å². The molecule has 0 aromatic carbocycles. The van der Waals surface area contributed by atoms with Gasteiger partial charge in [0.25, 0.3) is 0 Å². The van der Waals surface area contributed by atoms with Gasteiger partial charge in [0.1, 0.15) is 5.78 Å². The van der Waals surface area contributed by atoms with Gasteiger partial charge in [0, 0.05) is 13.0 Å². The maximum Gasteiger partial charge on any atom is 0.237 e. The van der Waals surface area contributed by atoms with E-state index in [-0.39, 0.29) is 17.7 Å². The van der Waals surface area contributed by atoms with Crippen molar-refractivity contribution in [2.24, 2.45) is 0 Å². The Kier molecular flexibility index (Phi) is 3.22. The third-order valence-electron chi connectivity index (χ3n) is 1.84. The molecule has 1 rings (SSSR count). The molecule has 12 heavy (non-hydrogen) atoms. The Morgan fingerprint density at radius 2 is 2.50 bits per heavy atom. The van der Waals surface area contributed by atoms with E-state index in [1.807, 2.05) is 6.92 Å². The lowest BCUT2D eigenvalue weighted by atomic mass is 10.2. The van der Waals surface area contributed by atoms with Crippen molar-refractivity contribution in [3.05, 3.63) is 0 Å². The van der Waals surface area contributed by atoms with Gasteiger partial charge in [0.2, 0.25) is 5.91 Å². The van der Waals surface area contributed by atoms with Crippen LogP contribution in [0.3, 0.4) is 0 Å². The van der Waals surface area contributed by atoms with Gasteiger partial charge in [-0.2, -0.15) is 0 Å². The van der Waals surface area contributed by atoms with Crippen LogP contribution < -0.4 is 10.6 Å². The first-order valence-corrected chi connectivity index (χ1v) is 4.27. The van der Waals surface area contributed by atoms with E-state index in [2.05, 4.69) is 10.6 Å². The molecule has 4 heteroatoms. The Morgan fingerprint density at radius 1 is 1.75 bits per heavy atom. The highest BCUT2D eigenvalue weighted by molar-refractivity contribution is 5.93. The van der Waals surface area contributed by atoms with Crippen LogP contribution in [0.2, 0.25) is 0 Å². The van der Waals surface area contributed by atoms with E-state index in [1.54, 1.807) is 0 Å². The molecule has 0 aliphatic carbocycles. The molecule has 1 aliphatic rings. The molecule has 0 spiro atoms. The third-order valence-corrected chi connectivity index (χ3v) is 1.84. The molecule has 1 heterocycles. The second-order valence-electron chi connectivity index (χ2n) is 2.97. The fourth-order valence-corrected chi connectivity index (χ4v) is 1.17. The van der Waals surface area contributed by atoms with Crippen LogP contribution in [-0.2, 0) is 9.59 Å². The van der Waals surface area contributed by atoms with Gasteiger partial charge in [0.15, 0.2) is 0 Å². The first-order chi connectivity index (χ1) is 5.74. The molecule has 0 saturated carbocycles. The van der Waals surface area contributed by atoms with Gasteiger partial charge >= 0.3 is 0 Å². The SMILES string of the molecule is CCCNC(=O)[C@@H]1CC(=O)CN1. The Bertz CT molecular complexity index is 191. The molecule has 0 aromatic heterocycles. The highest BCUT2D eigenvalue weighted by Gasteiger charge is 2.26. The molecular formula is C8H14N2O2. The van der Waals surface area contributed by atoms with Crippen molar-refractivity contribution >= 4 is 11.7 Å². The second kappa shape index (κ2) is 4.21. The molecule has 0 bridgehead atoms. The molecule has 4 nitrogen and oxygen atoms in total. The zero-order chi connectivity index (χ0) is 8.97. The fourth-order valence-electron chi connectivity index (χ4n) is 1.17. The summed E-state index contributed by atoms with van der Waals surface area (Å²) in [4.78, 5) is 22.0. The number of hydrogen-bond donors (Lipinski definition) is 2. The Labute approximate surface area is 71.7 Å². The van der Waals surface area contributed by atoms with Crippen LogP contribution in [0, 0.1) is 0 Å². The summed E-state index contributed by atoms with van der Waals surface area (Å²) in [6, 6.07) is -0.288. The molecular weight excluding hydrogens is 156 g/mol. The van der Waals surface area contributed by atoms with E-state index in [1.165, 1.54) is 0 Å². The first-order valence-electron chi connectivity index (χ1n) is 4.27. The van der Waals surface area contributed by atoms with E-state index < -0.39 is 0 Å². The Morgan fingerprint density at radius 3 is 3.00 bits per heavy atom. The number of hydrogen-bond acceptors (Lipinski definition) is 3. The maximum absolute atomic E-state index is 11.2. The van der Waals surface area contributed by atoms with Crippen LogP contribution in [0.5, 0.6) is 0 Å². The van der Waals surface area contributed by atoms with Gasteiger partial charge in [0.05, 0.1) is 12.6 Å². The van der Waals surface area contributed by atoms with Crippen LogP contribution in [0.25, 0.3) is 0 Å². The van der Waals surface area contributed by atoms with E-state index in [4.69, 9.17) is 0 Å². The molecule has 1 aliphatic heterocycles. The number of Topliss-reactive ketones (excluding diaryl/α,β-unsaturated/α-hetero) is 1. The van der Waals surface area contributed by atoms with Crippen LogP contribution in [0.1, 0.15) is 19.8 Å². The van der Waals surface area contributed by atoms with Crippen molar-refractivity contribution in [1.82, 2.24) is 10.6 Å². The largest absolute Gasteiger partial charge is 0.355 e. The minimum Gasteiger partial charge on any atom is -0.355 e. The summed E-state index contributed by atoms with van der Waals surface area (Å²) in [5, 5.41) is 5.59. The van der Waals surface area contributed by atoms with E-state index in [9.17, 15) is 9.59 Å². The summed E-state index contributed by atoms with van der Waals surface area (Å²) in [6.07, 6.45) is 1.27. The summed E-state index contributed by atoms with van der Waals surface area (Å²) in [7, 11) is 0. The molecule has 68 valence electrons. The summed E-state index contributed by atoms with van der Waals surface area (Å²) in [5.74, 6) is 0.0642. The Balaban J connectivity index is 2.28. The predicted molar refractivity (Wildman–Crippen MR) is 44.7 cm³/mol. The number of nitrogens with one attached hydrogen (secondary N) is 2. The van der Waals surface area contributed by atoms with Crippen molar-refractivity contribution in [1.29, 1.82) is 0 Å². The van der Waals surface area contributed by atoms with Crippen LogP contribution in [-0.4, -0.2) is 30.8 Å². The molecule has 0 aromatic rings. The zero-order valence-electron chi connectivity index (χ0n) is 7.22. The third kappa shape index (κ3) is 2.30. The second-order valence-corrected chi connectivity index (χ2v) is 2.97. The van der Waals surface area contributed by atoms with Gasteiger partial charge in [-0.15, -0.1) is 0 Å². The number of rotatable bonds is 3. The quantitative estimate of drug-likeness (QED) is 0.597. The standard InChI is InChI=1S/C8H14N2O2/c1-2-3-9-8(12)7-4-6(11)5-10-7/h7,10H,2-5H2,1H3,(H,9,12)/t7-/m0/s1. The van der Waals surface area contributed by atoms with Crippen molar-refractivity contribution in [2.75, 3.05) is 13.1 Å². The zero-order valence-corrected chi connectivity index (χ0v) is 7.22. The van der Waals surface area contributed by atoms with Crippen molar-refractivity contribution in [3.63, 3.8) is 0 Å². The summed E-state index contributed by atoms with van der Waals surface area (Å²) < 4.78 is 0. The molecule has 1 fully saturated rings. The van der Waals surface area contributed by atoms with Gasteiger partial charge in [-0.3, -0.25) is 14.9 Å². The number of carbonyl (C=O) groups excluding carboxylic acids is 2. The molecule has 2 N–H and O–H groups in total. The average Bonchev–Trinajstić information content (AvgIpc) is 2.47. The lowest BCUT2D eigenvalue weighted by molar-refractivity contribution is -0.124. The number of amides is 1. The molecule has 1 atom stereocenters. The number of carbonyl (C=O) groups is 2. The normalized spacial score (nSPS) is 22.8. The monoisotopic (exact) mass is 170 g/mol. The molecule has 1 saturated heterocycles. The minimum atomic E-state index is -0.288. The molecule has 1 amide bonds. The molecule has 0 unspecified atom stereocenters. The Hall–Kier alpha value is -0.900. The van der Waals surface area contributed by atoms with Crippen molar-refractivity contribution in [3.8, 4) is 0 Å². The van der Waals surface area contributed by atoms with Crippen LogP contribution in [0.15, 0.2) is 0 Å². The lowest BCUT2D eigenvalue weighted by Gasteiger charge is -2.08. The maximum atomic E-state index is 11.2. The molecule has 0 radical (unpaired) electrons. The summed E-state index contributed by atoms with van der Waals surface area (Å²) in [6.45, 7) is 3.02. The lowest BCUT2D eigenvalue weighted by Crippen LogP contribution is -2.40. The van der Waals surface area contributed by atoms with Crippen LogP contribution >= 0.6 is 0 Å². The topological polar surface area (TPSA) is 58.2 Å². The number of ketones is 1. The van der Waals surface area contributed by atoms with E-state index >= 15 is 0 Å². The highest BCUT2D eigenvalue weighted by atomic mass is 16.2. The summed E-state index contributed by atoms with van der Waals surface area (Å²) >= 11 is 0. The fraction of sp³-hybridized carbons (Fsp3) is 0.750. The van der Waals surface area contributed by atoms with E-state index in [0.717, 1.165) is 6.42 Å². The van der Waals surface area contributed by atoms with Gasteiger partial charge in [-0.1, -0.05) is 6.92 Å². The van der Waals surface area contributed by atoms with Gasteiger partial charge in [-0.05, 0) is 6.42 Å². The van der Waals surface area contributed by atoms with Crippen LogP contribution in [0.4, 0.5) is 0 Å².